The average molecular weight is 1020 g/mol. The molecule has 4 aromatic heterocycles. The second-order valence-corrected chi connectivity index (χ2v) is 20.7. The molecular weight excluding hydrogens is 941 g/mol. The molecule has 0 fully saturated rings. The average Bonchev–Trinajstić information content (AvgIpc) is 1.63. The summed E-state index contributed by atoms with van der Waals surface area (Å²) in [5.41, 5.74) is -0.394. The van der Waals surface area contributed by atoms with Crippen LogP contribution in [0.25, 0.3) is 106 Å². The van der Waals surface area contributed by atoms with Crippen LogP contribution in [0.15, 0.2) is 278 Å². The first-order valence-electron chi connectivity index (χ1n) is 38.8. The Balaban J connectivity index is 1.14. The standard InChI is InChI=1S/C69H46N6Si/c1-5-22-47(23-6-1)67-70-68(48-40-43-53(44-41-48)76(50-24-7-2-8-25-50,51-26-9-3-10-27-51)52-28-11-4-12-29-52)72-69(71-67)75-63-38-20-16-33-57(63)59-34-21-39-64(66(59)75)74-62-37-19-15-32-56(62)58-45-42-49(46-65(58)74)73-60-35-17-13-30-54(60)55-31-14-18-36-61(55)73/h1-46H/i1D,2D,3D,4D,5D,6D,7D,8D,9D,10D,11D,12D,16D,20D,21D,22D,23D,24D,25D,26D,27D,28D,29D,33D,34D,38D,39D,40D,41D,43D,44D. The monoisotopic (exact) mass is 1020 g/mol. The van der Waals surface area contributed by atoms with Gasteiger partial charge in [0, 0.05) is 49.1 Å². The fourth-order valence-corrected chi connectivity index (χ4v) is 13.7. The molecule has 0 aliphatic heterocycles. The molecule has 76 heavy (non-hydrogen) atoms. The van der Waals surface area contributed by atoms with Gasteiger partial charge in [-0.2, -0.15) is 9.97 Å². The summed E-state index contributed by atoms with van der Waals surface area (Å²) in [6.45, 7) is 0. The smallest absolute Gasteiger partial charge is 0.238 e. The van der Waals surface area contributed by atoms with Gasteiger partial charge in [-0.15, -0.1) is 0 Å². The number of fused-ring (bicyclic) bond motifs is 9. The fourth-order valence-electron chi connectivity index (χ4n) is 10.2. The van der Waals surface area contributed by atoms with Crippen molar-refractivity contribution >= 4 is 94.2 Å². The first kappa shape index (κ1) is 22.7. The van der Waals surface area contributed by atoms with E-state index in [1.54, 1.807) is 28.8 Å². The maximum Gasteiger partial charge on any atom is 0.238 e. The van der Waals surface area contributed by atoms with E-state index in [0.717, 1.165) is 26.4 Å². The highest BCUT2D eigenvalue weighted by Crippen LogP contribution is 2.41. The lowest BCUT2D eigenvalue weighted by Gasteiger charge is -2.34. The van der Waals surface area contributed by atoms with Crippen molar-refractivity contribution in [1.82, 2.24) is 28.7 Å². The molecule has 0 saturated carbocycles. The number of nitrogens with zero attached hydrogens (tertiary/aromatic N) is 6. The molecule has 6 nitrogen and oxygen atoms in total. The quantitative estimate of drug-likeness (QED) is 0.107. The lowest BCUT2D eigenvalue weighted by molar-refractivity contribution is 0.950. The van der Waals surface area contributed by atoms with Gasteiger partial charge in [-0.1, -0.05) is 236 Å². The van der Waals surface area contributed by atoms with E-state index < -0.39 is 267 Å². The van der Waals surface area contributed by atoms with Gasteiger partial charge >= 0.3 is 0 Å². The predicted octanol–water partition coefficient (Wildman–Crippen LogP) is 13.9. The molecule has 0 unspecified atom stereocenters. The van der Waals surface area contributed by atoms with E-state index >= 15 is 0 Å². The van der Waals surface area contributed by atoms with Crippen LogP contribution in [0, 0.1) is 0 Å². The van der Waals surface area contributed by atoms with Crippen LogP contribution in [0.4, 0.5) is 0 Å². The van der Waals surface area contributed by atoms with Crippen molar-refractivity contribution < 1.29 is 42.5 Å². The second kappa shape index (κ2) is 17.6. The normalized spacial score (nSPS) is 17.7. The summed E-state index contributed by atoms with van der Waals surface area (Å²) in [6, 6.07) is -6.74. The molecule has 0 radical (unpaired) electrons. The van der Waals surface area contributed by atoms with Crippen LogP contribution in [0.5, 0.6) is 0 Å². The highest BCUT2D eigenvalue weighted by molar-refractivity contribution is 7.19. The third-order valence-electron chi connectivity index (χ3n) is 13.3. The maximum absolute atomic E-state index is 10.3. The molecular formula is C69H46N6Si. The summed E-state index contributed by atoms with van der Waals surface area (Å²) in [5, 5.41) is -2.73. The van der Waals surface area contributed by atoms with E-state index in [9.17, 15) is 24.7 Å². The van der Waals surface area contributed by atoms with E-state index in [2.05, 4.69) is 4.98 Å². The van der Waals surface area contributed by atoms with Gasteiger partial charge in [-0.25, -0.2) is 4.98 Å². The second-order valence-electron chi connectivity index (χ2n) is 17.2. The SMILES string of the molecule is [2H]c1c([2H])c([2H])c(-c2nc(-c3c([2H])c([2H])c([Si](c4c([2H])c([2H])c([2H])c([2H])c4[2H])(c4c([2H])c([2H])c([2H])c([2H])c4[2H])c4c([2H])c([2H])c([2H])c([2H])c4[2H])c([2H])c3[2H])nc(-n3c4c([2H])c([2H])c([2H])c([2H])c4c4c([2H])c([2H])c([2H])c(-n5c6ccccc6c6ccc(-n7c8ccccc8c8ccccc87)cc65)c43)n2)c([2H])c1[2H]. The molecule has 0 atom stereocenters. The van der Waals surface area contributed by atoms with Crippen molar-refractivity contribution in [2.24, 2.45) is 0 Å². The Morgan fingerprint density at radius 2 is 0.776 bits per heavy atom. The molecule has 15 aromatic rings. The van der Waals surface area contributed by atoms with Gasteiger partial charge in [0.1, 0.15) is 0 Å². The van der Waals surface area contributed by atoms with Crippen LogP contribution in [-0.2, 0) is 0 Å². The third-order valence-corrected chi connectivity index (χ3v) is 17.3. The van der Waals surface area contributed by atoms with Crippen molar-refractivity contribution in [3.63, 3.8) is 0 Å². The van der Waals surface area contributed by atoms with Gasteiger partial charge in [0.15, 0.2) is 19.7 Å². The van der Waals surface area contributed by atoms with Gasteiger partial charge in [0.25, 0.3) is 0 Å². The molecule has 356 valence electrons. The summed E-state index contributed by atoms with van der Waals surface area (Å²) in [6.07, 6.45) is 0. The predicted molar refractivity (Wildman–Crippen MR) is 317 cm³/mol. The summed E-state index contributed by atoms with van der Waals surface area (Å²) in [4.78, 5) is 14.0. The van der Waals surface area contributed by atoms with Crippen LogP contribution in [0.1, 0.15) is 42.5 Å². The number of benzene rings is 11. The lowest BCUT2D eigenvalue weighted by atomic mass is 10.1. The first-order chi connectivity index (χ1) is 50.6. The van der Waals surface area contributed by atoms with Crippen molar-refractivity contribution in [2.75, 3.05) is 0 Å². The van der Waals surface area contributed by atoms with Crippen LogP contribution >= 0.6 is 0 Å². The van der Waals surface area contributed by atoms with E-state index in [1.807, 2.05) is 71.3 Å². The molecule has 11 aromatic carbocycles. The minimum Gasteiger partial charge on any atom is -0.309 e. The zero-order valence-corrected chi connectivity index (χ0v) is 39.8. The van der Waals surface area contributed by atoms with Crippen LogP contribution in [0.3, 0.4) is 0 Å². The molecule has 0 amide bonds. The van der Waals surface area contributed by atoms with Gasteiger partial charge in [0.2, 0.25) is 5.95 Å². The highest BCUT2D eigenvalue weighted by atomic mass is 28.3. The number of hydrogen-bond acceptors (Lipinski definition) is 3. The summed E-state index contributed by atoms with van der Waals surface area (Å²) in [5.74, 6) is -2.95. The molecule has 0 aliphatic rings. The molecule has 0 spiro atoms. The molecule has 0 saturated heterocycles. The van der Waals surface area contributed by atoms with E-state index in [4.69, 9.17) is 27.8 Å². The van der Waals surface area contributed by atoms with Gasteiger partial charge < -0.3 is 9.13 Å². The molecule has 0 bridgehead atoms. The number of rotatable bonds is 9. The summed E-state index contributed by atoms with van der Waals surface area (Å²) < 4.78 is 296. The molecule has 0 aliphatic carbocycles. The van der Waals surface area contributed by atoms with E-state index in [0.29, 0.717) is 27.5 Å². The van der Waals surface area contributed by atoms with Gasteiger partial charge in [0.05, 0.1) is 81.3 Å². The van der Waals surface area contributed by atoms with Crippen LogP contribution < -0.4 is 20.7 Å². The minimum absolute atomic E-state index is 0.311. The van der Waals surface area contributed by atoms with Crippen molar-refractivity contribution in [3.8, 4) is 40.1 Å². The van der Waals surface area contributed by atoms with E-state index in [-0.39, 0.29) is 5.69 Å². The Hall–Kier alpha value is -9.95. The zero-order chi connectivity index (χ0) is 77.1. The van der Waals surface area contributed by atoms with Crippen molar-refractivity contribution in [1.29, 1.82) is 0 Å². The molecule has 7 heteroatoms. The zero-order valence-electron chi connectivity index (χ0n) is 69.8. The third kappa shape index (κ3) is 6.69. The molecule has 0 N–H and O–H groups in total. The summed E-state index contributed by atoms with van der Waals surface area (Å²) in [7, 11) is -6.47. The Kier molecular flexibility index (Phi) is 5.25. The van der Waals surface area contributed by atoms with Crippen molar-refractivity contribution in [3.05, 3.63) is 278 Å². The number of para-hydroxylation sites is 5. The first-order valence-corrected chi connectivity index (χ1v) is 25.3. The van der Waals surface area contributed by atoms with Gasteiger partial charge in [-0.05, 0) is 63.2 Å². The Morgan fingerprint density at radius 3 is 1.36 bits per heavy atom. The summed E-state index contributed by atoms with van der Waals surface area (Å²) >= 11 is 0. The van der Waals surface area contributed by atoms with Crippen LogP contribution in [0.2, 0.25) is 0 Å². The highest BCUT2D eigenvalue weighted by Gasteiger charge is 2.41. The largest absolute Gasteiger partial charge is 0.309 e. The Bertz CT molecular complexity index is 6260. The topological polar surface area (TPSA) is 53.5 Å². The number of hydrogen-bond donors (Lipinski definition) is 0. The maximum atomic E-state index is 10.3. The fraction of sp³-hybridized carbons (Fsp3) is 0. The Labute approximate surface area is 483 Å². The molecule has 15 rings (SSSR count). The Morgan fingerprint density at radius 1 is 0.316 bits per heavy atom. The van der Waals surface area contributed by atoms with Crippen molar-refractivity contribution in [2.45, 2.75) is 0 Å². The number of aromatic nitrogens is 6. The van der Waals surface area contributed by atoms with Crippen LogP contribution in [-0.4, -0.2) is 36.7 Å². The van der Waals surface area contributed by atoms with E-state index in [1.165, 1.54) is 0 Å². The lowest BCUT2D eigenvalue weighted by Crippen LogP contribution is -2.74. The molecule has 4 heterocycles. The minimum atomic E-state index is -6.47. The van der Waals surface area contributed by atoms with Gasteiger partial charge in [-0.3, -0.25) is 4.57 Å².